The highest BCUT2D eigenvalue weighted by molar-refractivity contribution is 9.10. The number of nitrogens with two attached hydrogens (primary N) is 1. The first-order valence-corrected chi connectivity index (χ1v) is 38.3. The first-order valence-electron chi connectivity index (χ1n) is 32.6. The van der Waals surface area contributed by atoms with Gasteiger partial charge in [-0.25, -0.2) is 29.9 Å². The quantitative estimate of drug-likeness (QED) is 0.0726. The average Bonchev–Trinajstić information content (AvgIpc) is 1.58. The number of rotatable bonds is 17. The summed E-state index contributed by atoms with van der Waals surface area (Å²) in [5.74, 6) is 3.51. The molecule has 0 spiro atoms. The molecule has 5 aromatic carbocycles. The van der Waals surface area contributed by atoms with Crippen LogP contribution in [0.25, 0.3) is 87.3 Å². The topological polar surface area (TPSA) is 203 Å². The van der Waals surface area contributed by atoms with Gasteiger partial charge in [0.2, 0.25) is 0 Å². The van der Waals surface area contributed by atoms with E-state index in [-0.39, 0.29) is 18.3 Å². The van der Waals surface area contributed by atoms with Crippen LogP contribution in [0.2, 0.25) is 30.1 Å². The first-order chi connectivity index (χ1) is 51.3. The van der Waals surface area contributed by atoms with E-state index in [9.17, 15) is 0 Å². The molecule has 106 heavy (non-hydrogen) atoms. The van der Waals surface area contributed by atoms with Crippen molar-refractivity contribution in [1.29, 1.82) is 0 Å². The van der Waals surface area contributed by atoms with E-state index in [1.807, 2.05) is 179 Å². The molecule has 14 aromatic rings. The van der Waals surface area contributed by atoms with E-state index in [0.717, 1.165) is 132 Å². The van der Waals surface area contributed by atoms with E-state index >= 15 is 0 Å². The van der Waals surface area contributed by atoms with Crippen molar-refractivity contribution in [3.05, 3.63) is 276 Å². The Morgan fingerprint density at radius 1 is 0.434 bits per heavy atom. The molecule has 0 bridgehead atoms. The van der Waals surface area contributed by atoms with Gasteiger partial charge >= 0.3 is 7.12 Å². The lowest BCUT2D eigenvalue weighted by Gasteiger charge is -2.32. The maximum absolute atomic E-state index is 6.57. The molecule has 1 fully saturated rings. The van der Waals surface area contributed by atoms with Crippen LogP contribution in [0.5, 0.6) is 11.5 Å². The molecular weight excluding hydrogens is 1580 g/mol. The van der Waals surface area contributed by atoms with Crippen LogP contribution >= 0.6 is 120 Å². The average molecular weight is 1650 g/mol. The van der Waals surface area contributed by atoms with E-state index in [0.29, 0.717) is 49.0 Å². The van der Waals surface area contributed by atoms with Crippen LogP contribution in [0, 0.1) is 0 Å². The van der Waals surface area contributed by atoms with Gasteiger partial charge in [0.15, 0.2) is 0 Å². The molecule has 16 nitrogen and oxygen atoms in total. The Hall–Kier alpha value is -8.91. The SMILES string of the molecule is CC1(C)OB(c2cccnc2)OC1(C)C.COc1ccc(CNc2ncc(-c3cccnc3)cc2-c2ncsc2-c2cccc(Cl)c2Cl)cc1.COc1ccc(CNc2ncc(Br)cc2-c2ncsc2-c2cccc(Cl)c2Cl)cc1.Nc1ncc(-c2cccnc2)cc1-c1ncsc1-c1cccc(Cl)c1Cl. The van der Waals surface area contributed by atoms with E-state index in [1.165, 1.54) is 34.0 Å². The van der Waals surface area contributed by atoms with Gasteiger partial charge in [-0.3, -0.25) is 15.0 Å². The van der Waals surface area contributed by atoms with Gasteiger partial charge in [-0.15, -0.1) is 34.0 Å². The standard InChI is InChI=1S/C27H20Cl2N4OS.C22H16BrCl2N3OS.C19H12Cl2N4S.C11H16BNO2/c1-34-20-9-7-17(8-10-20)13-31-27-22(12-19(15-32-27)18-4-3-11-30-14-18)25-26(35-16-33-25)21-5-2-6-23(28)24(21)29;1-29-15-7-5-13(6-8-15)10-26-22-17(9-14(23)11-27-22)20-21(30-12-28-20)16-3-2-4-18(24)19(16)25;20-15-5-1-4-13(16(15)21)18-17(25-10-26-18)14-7-12(9-24-19(14)22)11-3-2-6-23-8-11;1-10(2)11(3,4)15-12(14-10)9-6-5-7-13-8-9/h2-12,14-16H,13H2,1H3,(H,31,32);2-9,11-12H,10H2,1H3,(H,26,27);1-10H,(H2,22,24);5-8H,1-4H3. The number of nitrogen functional groups attached to an aromatic ring is 1. The molecule has 9 aromatic heterocycles. The lowest BCUT2D eigenvalue weighted by molar-refractivity contribution is 0.00578. The highest BCUT2D eigenvalue weighted by Crippen LogP contribution is 2.47. The number of nitrogens with zero attached hydrogens (tertiary/aromatic N) is 9. The molecule has 27 heteroatoms. The third-order valence-corrected chi connectivity index (χ3v) is 22.6. The van der Waals surface area contributed by atoms with Gasteiger partial charge in [0, 0.05) is 134 Å². The summed E-state index contributed by atoms with van der Waals surface area (Å²) >= 11 is 46.2. The molecule has 0 aliphatic carbocycles. The molecule has 10 heterocycles. The molecule has 1 saturated heterocycles. The third-order valence-electron chi connectivity index (χ3n) is 17.2. The maximum Gasteiger partial charge on any atom is 0.496 e. The summed E-state index contributed by atoms with van der Waals surface area (Å²) in [5.41, 5.74) is 25.3. The minimum atomic E-state index is -0.302. The summed E-state index contributed by atoms with van der Waals surface area (Å²) in [6.45, 7) is 9.39. The summed E-state index contributed by atoms with van der Waals surface area (Å²) in [4.78, 5) is 42.8. The molecule has 1 aliphatic rings. The smallest absolute Gasteiger partial charge is 0.496 e. The zero-order valence-corrected chi connectivity index (χ0v) is 66.1. The van der Waals surface area contributed by atoms with Gasteiger partial charge < -0.3 is 35.1 Å². The van der Waals surface area contributed by atoms with Crippen LogP contribution in [0.4, 0.5) is 17.5 Å². The van der Waals surface area contributed by atoms with Crippen molar-refractivity contribution >= 4 is 150 Å². The molecule has 0 saturated carbocycles. The van der Waals surface area contributed by atoms with E-state index < -0.39 is 0 Å². The van der Waals surface area contributed by atoms with E-state index in [1.54, 1.807) is 86.8 Å². The number of hydrogen-bond acceptors (Lipinski definition) is 19. The molecule has 0 unspecified atom stereocenters. The Bertz CT molecular complexity index is 5310. The van der Waals surface area contributed by atoms with Crippen molar-refractivity contribution in [2.75, 3.05) is 30.6 Å². The Morgan fingerprint density at radius 2 is 0.830 bits per heavy atom. The highest BCUT2D eigenvalue weighted by Gasteiger charge is 2.51. The second-order valence-electron chi connectivity index (χ2n) is 24.5. The summed E-state index contributed by atoms with van der Waals surface area (Å²) in [7, 11) is 3.01. The predicted molar refractivity (Wildman–Crippen MR) is 442 cm³/mol. The number of benzene rings is 5. The van der Waals surface area contributed by atoms with Crippen molar-refractivity contribution < 1.29 is 18.8 Å². The number of thiazole rings is 3. The zero-order valence-electron chi connectivity index (χ0n) is 57.5. The van der Waals surface area contributed by atoms with Crippen molar-refractivity contribution in [3.8, 4) is 98.8 Å². The summed E-state index contributed by atoms with van der Waals surface area (Å²) in [6.07, 6.45) is 15.9. The van der Waals surface area contributed by atoms with Crippen LogP contribution < -0.4 is 31.3 Å². The number of halogens is 7. The number of hydrogen-bond donors (Lipinski definition) is 3. The van der Waals surface area contributed by atoms with Crippen LogP contribution in [0.1, 0.15) is 38.8 Å². The number of pyridine rings is 6. The number of anilines is 3. The fourth-order valence-electron chi connectivity index (χ4n) is 10.9. The van der Waals surface area contributed by atoms with E-state index in [4.69, 9.17) is 104 Å². The second-order valence-corrected chi connectivity index (χ2v) is 30.3. The number of ether oxygens (including phenoxy) is 2. The molecular formula is C79H64BBrCl6N12O4S3. The Labute approximate surface area is 664 Å². The Balaban J connectivity index is 0.000000137. The highest BCUT2D eigenvalue weighted by atomic mass is 79.9. The summed E-state index contributed by atoms with van der Waals surface area (Å²) < 4.78 is 23.1. The van der Waals surface area contributed by atoms with Gasteiger partial charge in [0.25, 0.3) is 0 Å². The third kappa shape index (κ3) is 18.2. The first kappa shape index (κ1) is 76.7. The summed E-state index contributed by atoms with van der Waals surface area (Å²) in [5, 5.41) is 9.92. The lowest BCUT2D eigenvalue weighted by atomic mass is 9.80. The molecule has 15 rings (SSSR count). The number of nitrogens with one attached hydrogen (secondary N) is 2. The van der Waals surface area contributed by atoms with Gasteiger partial charge in [-0.05, 0) is 134 Å². The minimum absolute atomic E-state index is 0.284. The molecule has 0 amide bonds. The van der Waals surface area contributed by atoms with Crippen LogP contribution in [-0.4, -0.2) is 77.4 Å². The molecule has 534 valence electrons. The fraction of sp³-hybridized carbons (Fsp3) is 0.127. The largest absolute Gasteiger partial charge is 0.497 e. The van der Waals surface area contributed by atoms with Crippen molar-refractivity contribution in [1.82, 2.24) is 44.9 Å². The second kappa shape index (κ2) is 35.2. The van der Waals surface area contributed by atoms with Crippen molar-refractivity contribution in [2.24, 2.45) is 0 Å². The number of aromatic nitrogens is 9. The molecule has 4 N–H and O–H groups in total. The minimum Gasteiger partial charge on any atom is -0.497 e. The predicted octanol–water partition coefficient (Wildman–Crippen LogP) is 22.6. The van der Waals surface area contributed by atoms with Crippen LogP contribution in [0.3, 0.4) is 0 Å². The van der Waals surface area contributed by atoms with E-state index in [2.05, 4.69) is 67.5 Å². The summed E-state index contributed by atoms with van der Waals surface area (Å²) in [6, 6.07) is 50.3. The van der Waals surface area contributed by atoms with Gasteiger partial charge in [0.1, 0.15) is 29.0 Å². The Morgan fingerprint density at radius 3 is 1.25 bits per heavy atom. The lowest BCUT2D eigenvalue weighted by Crippen LogP contribution is -2.41. The molecule has 0 radical (unpaired) electrons. The molecule has 0 atom stereocenters. The maximum atomic E-state index is 6.57. The van der Waals surface area contributed by atoms with Crippen LogP contribution in [0.15, 0.2) is 235 Å². The van der Waals surface area contributed by atoms with Gasteiger partial charge in [-0.2, -0.15) is 0 Å². The zero-order chi connectivity index (χ0) is 74.5. The van der Waals surface area contributed by atoms with Gasteiger partial charge in [0.05, 0.1) is 104 Å². The van der Waals surface area contributed by atoms with Crippen molar-refractivity contribution in [3.63, 3.8) is 0 Å². The number of methoxy groups -OCH3 is 2. The molecule has 1 aliphatic heterocycles. The normalized spacial score (nSPS) is 12.6. The Kier molecular flexibility index (Phi) is 25.5. The van der Waals surface area contributed by atoms with Gasteiger partial charge in [-0.1, -0.05) is 148 Å². The monoisotopic (exact) mass is 1640 g/mol. The van der Waals surface area contributed by atoms with Crippen molar-refractivity contribution in [2.45, 2.75) is 52.0 Å². The fourth-order valence-corrected chi connectivity index (χ4v) is 15.1. The van der Waals surface area contributed by atoms with Crippen LogP contribution in [-0.2, 0) is 22.4 Å².